The Balaban J connectivity index is 1.97. The molecule has 1 aliphatic carbocycles. The van der Waals surface area contributed by atoms with E-state index < -0.39 is 0 Å². The van der Waals surface area contributed by atoms with Crippen molar-refractivity contribution >= 4 is 15.9 Å². The third kappa shape index (κ3) is 2.60. The predicted molar refractivity (Wildman–Crippen MR) is 89.8 cm³/mol. The second kappa shape index (κ2) is 5.82. The van der Waals surface area contributed by atoms with Crippen molar-refractivity contribution in [1.29, 1.82) is 0 Å². The van der Waals surface area contributed by atoms with Crippen molar-refractivity contribution in [2.75, 3.05) is 14.2 Å². The van der Waals surface area contributed by atoms with Gasteiger partial charge in [-0.25, -0.2) is 0 Å². The molecule has 2 nitrogen and oxygen atoms in total. The second-order valence-electron chi connectivity index (χ2n) is 5.64. The molecule has 1 fully saturated rings. The zero-order valence-corrected chi connectivity index (χ0v) is 14.0. The Hall–Kier alpha value is -1.32. The van der Waals surface area contributed by atoms with Crippen LogP contribution < -0.4 is 10.1 Å². The number of rotatable bonds is 5. The maximum absolute atomic E-state index is 5.33. The average molecular weight is 346 g/mol. The van der Waals surface area contributed by atoms with Gasteiger partial charge in [-0.1, -0.05) is 36.4 Å². The highest BCUT2D eigenvalue weighted by Crippen LogP contribution is 2.56. The van der Waals surface area contributed by atoms with E-state index in [2.05, 4.69) is 63.7 Å². The molecule has 1 aliphatic rings. The van der Waals surface area contributed by atoms with Crippen LogP contribution in [0.2, 0.25) is 0 Å². The minimum atomic E-state index is 0.226. The number of halogens is 1. The van der Waals surface area contributed by atoms with Crippen LogP contribution >= 0.6 is 15.9 Å². The molecule has 110 valence electrons. The molecule has 0 aliphatic heterocycles. The highest BCUT2D eigenvalue weighted by Gasteiger charge is 2.50. The average Bonchev–Trinajstić information content (AvgIpc) is 3.31. The van der Waals surface area contributed by atoms with Gasteiger partial charge in [0.05, 0.1) is 11.6 Å². The molecule has 0 heterocycles. The molecule has 0 spiro atoms. The molecule has 2 aromatic carbocycles. The van der Waals surface area contributed by atoms with E-state index in [1.165, 1.54) is 24.0 Å². The highest BCUT2D eigenvalue weighted by molar-refractivity contribution is 9.10. The van der Waals surface area contributed by atoms with Crippen LogP contribution in [-0.4, -0.2) is 14.2 Å². The fourth-order valence-electron chi connectivity index (χ4n) is 3.27. The van der Waals surface area contributed by atoms with Gasteiger partial charge in [-0.05, 0) is 59.1 Å². The van der Waals surface area contributed by atoms with Crippen LogP contribution in [0.15, 0.2) is 53.0 Å². The maximum atomic E-state index is 5.33. The third-order valence-corrected chi connectivity index (χ3v) is 5.11. The Morgan fingerprint density at radius 2 is 1.86 bits per heavy atom. The summed E-state index contributed by atoms with van der Waals surface area (Å²) in [5.74, 6) is 0.873. The van der Waals surface area contributed by atoms with Crippen molar-refractivity contribution in [3.05, 3.63) is 64.1 Å². The van der Waals surface area contributed by atoms with Crippen LogP contribution in [0.3, 0.4) is 0 Å². The summed E-state index contributed by atoms with van der Waals surface area (Å²) in [5.41, 5.74) is 2.95. The molecule has 1 atom stereocenters. The summed E-state index contributed by atoms with van der Waals surface area (Å²) in [6, 6.07) is 17.5. The predicted octanol–water partition coefficient (Wildman–Crippen LogP) is 4.45. The van der Waals surface area contributed by atoms with Crippen LogP contribution in [-0.2, 0) is 5.41 Å². The van der Waals surface area contributed by atoms with Gasteiger partial charge in [0.15, 0.2) is 0 Å². The lowest BCUT2D eigenvalue weighted by molar-refractivity contribution is 0.410. The summed E-state index contributed by atoms with van der Waals surface area (Å²) in [5, 5.41) is 3.52. The zero-order valence-electron chi connectivity index (χ0n) is 12.4. The normalized spacial score (nSPS) is 17.3. The molecule has 0 radical (unpaired) electrons. The number of benzene rings is 2. The van der Waals surface area contributed by atoms with Gasteiger partial charge in [-0.2, -0.15) is 0 Å². The van der Waals surface area contributed by atoms with E-state index in [0.717, 1.165) is 10.2 Å². The minimum absolute atomic E-state index is 0.226. The van der Waals surface area contributed by atoms with E-state index >= 15 is 0 Å². The van der Waals surface area contributed by atoms with E-state index in [1.54, 1.807) is 7.11 Å². The first-order valence-corrected chi connectivity index (χ1v) is 8.07. The summed E-state index contributed by atoms with van der Waals surface area (Å²) in [6.45, 7) is 0. The highest BCUT2D eigenvalue weighted by atomic mass is 79.9. The Labute approximate surface area is 134 Å². The number of hydrogen-bond donors (Lipinski definition) is 1. The summed E-state index contributed by atoms with van der Waals surface area (Å²) >= 11 is 3.60. The van der Waals surface area contributed by atoms with Gasteiger partial charge < -0.3 is 10.1 Å². The lowest BCUT2D eigenvalue weighted by Crippen LogP contribution is -2.29. The Kier molecular flexibility index (Phi) is 4.05. The van der Waals surface area contributed by atoms with Crippen molar-refractivity contribution in [1.82, 2.24) is 5.32 Å². The minimum Gasteiger partial charge on any atom is -0.496 e. The molecular formula is C18H20BrNO. The van der Waals surface area contributed by atoms with Crippen molar-refractivity contribution in [3.63, 3.8) is 0 Å². The van der Waals surface area contributed by atoms with Gasteiger partial charge in [0, 0.05) is 11.5 Å². The molecule has 2 aromatic rings. The van der Waals surface area contributed by atoms with Crippen LogP contribution in [0.25, 0.3) is 0 Å². The van der Waals surface area contributed by atoms with Gasteiger partial charge in [0.1, 0.15) is 5.75 Å². The summed E-state index contributed by atoms with van der Waals surface area (Å²) in [6.07, 6.45) is 2.46. The molecule has 0 saturated heterocycles. The van der Waals surface area contributed by atoms with E-state index in [1.807, 2.05) is 13.1 Å². The zero-order chi connectivity index (χ0) is 14.9. The number of methoxy groups -OCH3 is 1. The molecular weight excluding hydrogens is 326 g/mol. The maximum Gasteiger partial charge on any atom is 0.133 e. The standard InChI is InChI=1S/C18H20BrNO/c1-20-17(13-8-9-16(21-2)15(19)12-13)18(10-11-18)14-6-4-3-5-7-14/h3-9,12,17,20H,10-11H2,1-2H3. The summed E-state index contributed by atoms with van der Waals surface area (Å²) in [4.78, 5) is 0. The van der Waals surface area contributed by atoms with E-state index in [-0.39, 0.29) is 5.41 Å². The number of nitrogens with one attached hydrogen (secondary N) is 1. The van der Waals surface area contributed by atoms with Crippen LogP contribution in [0.5, 0.6) is 5.75 Å². The monoisotopic (exact) mass is 345 g/mol. The van der Waals surface area contributed by atoms with Gasteiger partial charge >= 0.3 is 0 Å². The summed E-state index contributed by atoms with van der Waals surface area (Å²) < 4.78 is 6.34. The van der Waals surface area contributed by atoms with Crippen molar-refractivity contribution in [3.8, 4) is 5.75 Å². The smallest absolute Gasteiger partial charge is 0.133 e. The van der Waals surface area contributed by atoms with E-state index in [9.17, 15) is 0 Å². The first kappa shape index (κ1) is 14.6. The topological polar surface area (TPSA) is 21.3 Å². The van der Waals surface area contributed by atoms with Crippen LogP contribution in [0.4, 0.5) is 0 Å². The van der Waals surface area contributed by atoms with Gasteiger partial charge in [-0.15, -0.1) is 0 Å². The first-order chi connectivity index (χ1) is 10.2. The van der Waals surface area contributed by atoms with Crippen molar-refractivity contribution < 1.29 is 4.74 Å². The molecule has 3 rings (SSSR count). The fourth-order valence-corrected chi connectivity index (χ4v) is 3.83. The van der Waals surface area contributed by atoms with E-state index in [4.69, 9.17) is 4.74 Å². The van der Waals surface area contributed by atoms with Crippen molar-refractivity contribution in [2.24, 2.45) is 0 Å². The molecule has 0 bridgehead atoms. The number of ether oxygens (including phenoxy) is 1. The number of hydrogen-bond acceptors (Lipinski definition) is 2. The lowest BCUT2D eigenvalue weighted by Gasteiger charge is -2.28. The molecule has 3 heteroatoms. The Morgan fingerprint density at radius 3 is 2.38 bits per heavy atom. The molecule has 21 heavy (non-hydrogen) atoms. The van der Waals surface area contributed by atoms with Gasteiger partial charge in [-0.3, -0.25) is 0 Å². The quantitative estimate of drug-likeness (QED) is 0.864. The SMILES string of the molecule is CNC(c1ccc(OC)c(Br)c1)C1(c2ccccc2)CC1. The molecule has 0 amide bonds. The summed E-state index contributed by atoms with van der Waals surface area (Å²) in [7, 11) is 3.74. The molecule has 0 aromatic heterocycles. The van der Waals surface area contributed by atoms with Crippen LogP contribution in [0.1, 0.15) is 30.0 Å². The molecule has 1 unspecified atom stereocenters. The fraction of sp³-hybridized carbons (Fsp3) is 0.333. The van der Waals surface area contributed by atoms with Gasteiger partial charge in [0.25, 0.3) is 0 Å². The second-order valence-corrected chi connectivity index (χ2v) is 6.49. The first-order valence-electron chi connectivity index (χ1n) is 7.27. The van der Waals surface area contributed by atoms with Crippen molar-refractivity contribution in [2.45, 2.75) is 24.3 Å². The Bertz CT molecular complexity index is 622. The number of likely N-dealkylation sites (N-methyl/N-ethyl adjacent to an activating group) is 1. The lowest BCUT2D eigenvalue weighted by atomic mass is 9.84. The third-order valence-electron chi connectivity index (χ3n) is 4.49. The van der Waals surface area contributed by atoms with E-state index in [0.29, 0.717) is 6.04 Å². The Morgan fingerprint density at radius 1 is 1.14 bits per heavy atom. The largest absolute Gasteiger partial charge is 0.496 e. The van der Waals surface area contributed by atoms with Crippen LogP contribution in [0, 0.1) is 0 Å². The molecule has 1 N–H and O–H groups in total. The van der Waals surface area contributed by atoms with Gasteiger partial charge in [0.2, 0.25) is 0 Å². The molecule has 1 saturated carbocycles.